The summed E-state index contributed by atoms with van der Waals surface area (Å²) in [6.45, 7) is 7.49. The molecular formula is C18H26O4. The van der Waals surface area contributed by atoms with Crippen LogP contribution in [-0.4, -0.2) is 24.6 Å². The van der Waals surface area contributed by atoms with Crippen molar-refractivity contribution in [3.8, 4) is 11.8 Å². The van der Waals surface area contributed by atoms with Gasteiger partial charge in [-0.25, -0.2) is 0 Å². The quantitative estimate of drug-likeness (QED) is 0.454. The SMILES string of the molecule is CCC#CCC1(C(=O)OC(C)(C)C)CC=CC1CC(=O)OC. The van der Waals surface area contributed by atoms with Crippen LogP contribution in [-0.2, 0) is 19.1 Å². The highest BCUT2D eigenvalue weighted by Crippen LogP contribution is 2.45. The third kappa shape index (κ3) is 4.62. The maximum absolute atomic E-state index is 12.8. The van der Waals surface area contributed by atoms with Crippen LogP contribution in [0.1, 0.15) is 53.4 Å². The number of allylic oxidation sites excluding steroid dienone is 2. The Balaban J connectivity index is 3.05. The number of hydrogen-bond donors (Lipinski definition) is 0. The van der Waals surface area contributed by atoms with E-state index < -0.39 is 11.0 Å². The molecule has 0 radical (unpaired) electrons. The number of methoxy groups -OCH3 is 1. The van der Waals surface area contributed by atoms with Crippen molar-refractivity contribution < 1.29 is 19.1 Å². The molecule has 2 atom stereocenters. The first-order valence-corrected chi connectivity index (χ1v) is 7.68. The summed E-state index contributed by atoms with van der Waals surface area (Å²) < 4.78 is 10.4. The molecule has 1 aliphatic carbocycles. The van der Waals surface area contributed by atoms with Gasteiger partial charge in [0, 0.05) is 18.8 Å². The lowest BCUT2D eigenvalue weighted by Gasteiger charge is -2.34. The van der Waals surface area contributed by atoms with E-state index >= 15 is 0 Å². The molecule has 0 aromatic rings. The highest BCUT2D eigenvalue weighted by atomic mass is 16.6. The van der Waals surface area contributed by atoms with Gasteiger partial charge in [-0.2, -0.15) is 0 Å². The monoisotopic (exact) mass is 306 g/mol. The molecule has 0 N–H and O–H groups in total. The summed E-state index contributed by atoms with van der Waals surface area (Å²) in [5, 5.41) is 0. The van der Waals surface area contributed by atoms with E-state index in [9.17, 15) is 9.59 Å². The third-order valence-electron chi connectivity index (χ3n) is 3.69. The van der Waals surface area contributed by atoms with Crippen LogP contribution in [0.15, 0.2) is 12.2 Å². The Kier molecular flexibility index (Phi) is 6.22. The molecule has 2 unspecified atom stereocenters. The largest absolute Gasteiger partial charge is 0.469 e. The standard InChI is InChI=1S/C18H26O4/c1-6-7-8-11-18(16(20)22-17(2,3)4)12-9-10-14(18)13-15(19)21-5/h9-10,14H,6,11-13H2,1-5H3. The van der Waals surface area contributed by atoms with Gasteiger partial charge in [-0.05, 0) is 27.2 Å². The van der Waals surface area contributed by atoms with Gasteiger partial charge in [0.05, 0.1) is 18.9 Å². The maximum atomic E-state index is 12.8. The van der Waals surface area contributed by atoms with Crippen molar-refractivity contribution in [2.45, 2.75) is 59.0 Å². The van der Waals surface area contributed by atoms with Crippen molar-refractivity contribution in [2.75, 3.05) is 7.11 Å². The van der Waals surface area contributed by atoms with E-state index in [-0.39, 0.29) is 24.3 Å². The molecule has 0 bridgehead atoms. The number of hydrogen-bond acceptors (Lipinski definition) is 4. The van der Waals surface area contributed by atoms with Crippen LogP contribution < -0.4 is 0 Å². The molecule has 22 heavy (non-hydrogen) atoms. The summed E-state index contributed by atoms with van der Waals surface area (Å²) in [7, 11) is 1.35. The minimum Gasteiger partial charge on any atom is -0.469 e. The zero-order chi connectivity index (χ0) is 16.8. The third-order valence-corrected chi connectivity index (χ3v) is 3.69. The maximum Gasteiger partial charge on any atom is 0.314 e. The Morgan fingerprint density at radius 1 is 1.32 bits per heavy atom. The van der Waals surface area contributed by atoms with Crippen molar-refractivity contribution in [3.05, 3.63) is 12.2 Å². The Morgan fingerprint density at radius 3 is 2.55 bits per heavy atom. The van der Waals surface area contributed by atoms with Crippen LogP contribution in [0.3, 0.4) is 0 Å². The Bertz CT molecular complexity index is 501. The first-order chi connectivity index (χ1) is 10.2. The highest BCUT2D eigenvalue weighted by molar-refractivity contribution is 5.81. The number of ether oxygens (including phenoxy) is 2. The predicted octanol–water partition coefficient (Wildman–Crippen LogP) is 3.26. The van der Waals surface area contributed by atoms with Crippen LogP contribution >= 0.6 is 0 Å². The molecule has 0 fully saturated rings. The Hall–Kier alpha value is -1.76. The van der Waals surface area contributed by atoms with E-state index in [1.807, 2.05) is 39.8 Å². The Labute approximate surface area is 133 Å². The van der Waals surface area contributed by atoms with Gasteiger partial charge in [-0.15, -0.1) is 11.8 Å². The summed E-state index contributed by atoms with van der Waals surface area (Å²) in [5.74, 6) is 5.22. The van der Waals surface area contributed by atoms with Gasteiger partial charge in [-0.3, -0.25) is 9.59 Å². The molecule has 0 heterocycles. The van der Waals surface area contributed by atoms with E-state index in [0.717, 1.165) is 6.42 Å². The Morgan fingerprint density at radius 2 is 2.00 bits per heavy atom. The van der Waals surface area contributed by atoms with Gasteiger partial charge in [-0.1, -0.05) is 19.1 Å². The van der Waals surface area contributed by atoms with E-state index in [4.69, 9.17) is 9.47 Å². The van der Waals surface area contributed by atoms with Gasteiger partial charge in [0.15, 0.2) is 0 Å². The van der Waals surface area contributed by atoms with Crippen LogP contribution in [0.25, 0.3) is 0 Å². The molecule has 0 saturated carbocycles. The van der Waals surface area contributed by atoms with Gasteiger partial charge in [0.25, 0.3) is 0 Å². The molecule has 4 heteroatoms. The van der Waals surface area contributed by atoms with Crippen molar-refractivity contribution in [2.24, 2.45) is 11.3 Å². The van der Waals surface area contributed by atoms with Crippen LogP contribution in [0, 0.1) is 23.2 Å². The lowest BCUT2D eigenvalue weighted by Crippen LogP contribution is -2.41. The predicted molar refractivity (Wildman–Crippen MR) is 84.8 cm³/mol. The first kappa shape index (κ1) is 18.3. The van der Waals surface area contributed by atoms with E-state index in [1.165, 1.54) is 7.11 Å². The summed E-state index contributed by atoms with van der Waals surface area (Å²) >= 11 is 0. The lowest BCUT2D eigenvalue weighted by molar-refractivity contribution is -0.170. The average Bonchev–Trinajstić information content (AvgIpc) is 2.81. The minimum atomic E-state index is -0.788. The molecular weight excluding hydrogens is 280 g/mol. The summed E-state index contributed by atoms with van der Waals surface area (Å²) in [6.07, 6.45) is 5.69. The second-order valence-corrected chi connectivity index (χ2v) is 6.56. The number of rotatable bonds is 4. The molecule has 1 rings (SSSR count). The van der Waals surface area contributed by atoms with Crippen LogP contribution in [0.5, 0.6) is 0 Å². The summed E-state index contributed by atoms with van der Waals surface area (Å²) in [6, 6.07) is 0. The smallest absolute Gasteiger partial charge is 0.314 e. The number of esters is 2. The topological polar surface area (TPSA) is 52.6 Å². The molecule has 0 aliphatic heterocycles. The molecule has 1 aliphatic rings. The molecule has 0 aromatic heterocycles. The fourth-order valence-corrected chi connectivity index (χ4v) is 2.54. The van der Waals surface area contributed by atoms with E-state index in [0.29, 0.717) is 12.8 Å². The van der Waals surface area contributed by atoms with Crippen LogP contribution in [0.4, 0.5) is 0 Å². The van der Waals surface area contributed by atoms with Gasteiger partial charge in [0.1, 0.15) is 5.60 Å². The first-order valence-electron chi connectivity index (χ1n) is 7.68. The number of carbonyl (C=O) groups is 2. The average molecular weight is 306 g/mol. The molecule has 0 amide bonds. The molecule has 122 valence electrons. The molecule has 0 saturated heterocycles. The summed E-state index contributed by atoms with van der Waals surface area (Å²) in [5.41, 5.74) is -1.36. The zero-order valence-electron chi connectivity index (χ0n) is 14.2. The molecule has 0 aromatic carbocycles. The zero-order valence-corrected chi connectivity index (χ0v) is 14.2. The van der Waals surface area contributed by atoms with Crippen molar-refractivity contribution in [1.82, 2.24) is 0 Å². The van der Waals surface area contributed by atoms with Crippen molar-refractivity contribution in [3.63, 3.8) is 0 Å². The highest BCUT2D eigenvalue weighted by Gasteiger charge is 2.49. The summed E-state index contributed by atoms with van der Waals surface area (Å²) in [4.78, 5) is 24.4. The van der Waals surface area contributed by atoms with Crippen molar-refractivity contribution >= 4 is 11.9 Å². The number of carbonyl (C=O) groups excluding carboxylic acids is 2. The van der Waals surface area contributed by atoms with Crippen molar-refractivity contribution in [1.29, 1.82) is 0 Å². The molecule has 4 nitrogen and oxygen atoms in total. The van der Waals surface area contributed by atoms with Gasteiger partial charge < -0.3 is 9.47 Å². The van der Waals surface area contributed by atoms with E-state index in [1.54, 1.807) is 0 Å². The van der Waals surface area contributed by atoms with E-state index in [2.05, 4.69) is 11.8 Å². The second-order valence-electron chi connectivity index (χ2n) is 6.56. The minimum absolute atomic E-state index is 0.167. The second kappa shape index (κ2) is 7.49. The molecule has 0 spiro atoms. The van der Waals surface area contributed by atoms with Gasteiger partial charge in [0.2, 0.25) is 0 Å². The lowest BCUT2D eigenvalue weighted by atomic mass is 9.73. The van der Waals surface area contributed by atoms with Gasteiger partial charge >= 0.3 is 11.9 Å². The van der Waals surface area contributed by atoms with Crippen LogP contribution in [0.2, 0.25) is 0 Å². The fraction of sp³-hybridized carbons (Fsp3) is 0.667. The fourth-order valence-electron chi connectivity index (χ4n) is 2.54. The normalized spacial score (nSPS) is 23.6.